The summed E-state index contributed by atoms with van der Waals surface area (Å²) < 4.78 is 1.15. The standard InChI is InChI=1S/C15H23BrN2/c1-15(2,3)18-14-10-12(16)4-5-13(14)11-6-8-17-9-7-11/h4-5,10-11,17-18H,6-9H2,1-3H3. The first-order chi connectivity index (χ1) is 8.46. The smallest absolute Gasteiger partial charge is 0.0390 e. The molecule has 0 radical (unpaired) electrons. The molecular weight excluding hydrogens is 288 g/mol. The van der Waals surface area contributed by atoms with Crippen molar-refractivity contribution in [1.82, 2.24) is 5.32 Å². The molecule has 0 bridgehead atoms. The molecule has 1 aliphatic heterocycles. The lowest BCUT2D eigenvalue weighted by Gasteiger charge is -2.29. The maximum absolute atomic E-state index is 3.64. The van der Waals surface area contributed by atoms with Crippen LogP contribution in [0, 0.1) is 0 Å². The quantitative estimate of drug-likeness (QED) is 0.858. The molecule has 0 aromatic heterocycles. The van der Waals surface area contributed by atoms with Crippen LogP contribution in [-0.4, -0.2) is 18.6 Å². The van der Waals surface area contributed by atoms with Crippen molar-refractivity contribution in [1.29, 1.82) is 0 Å². The number of rotatable bonds is 2. The number of anilines is 1. The van der Waals surface area contributed by atoms with Gasteiger partial charge in [0.2, 0.25) is 0 Å². The van der Waals surface area contributed by atoms with Gasteiger partial charge in [0.05, 0.1) is 0 Å². The van der Waals surface area contributed by atoms with Crippen molar-refractivity contribution in [3.8, 4) is 0 Å². The third-order valence-electron chi connectivity index (χ3n) is 3.30. The van der Waals surface area contributed by atoms with Gasteiger partial charge >= 0.3 is 0 Å². The second kappa shape index (κ2) is 5.62. The fourth-order valence-electron chi connectivity index (χ4n) is 2.53. The summed E-state index contributed by atoms with van der Waals surface area (Å²) in [6.07, 6.45) is 2.47. The lowest BCUT2D eigenvalue weighted by Crippen LogP contribution is -2.29. The van der Waals surface area contributed by atoms with E-state index < -0.39 is 0 Å². The SMILES string of the molecule is CC(C)(C)Nc1cc(Br)ccc1C1CCNCC1. The van der Waals surface area contributed by atoms with Crippen molar-refractivity contribution < 1.29 is 0 Å². The molecule has 0 spiro atoms. The Hall–Kier alpha value is -0.540. The van der Waals surface area contributed by atoms with E-state index in [9.17, 15) is 0 Å². The topological polar surface area (TPSA) is 24.1 Å². The third kappa shape index (κ3) is 3.72. The molecule has 100 valence electrons. The van der Waals surface area contributed by atoms with Gasteiger partial charge in [0.25, 0.3) is 0 Å². The Bertz CT molecular complexity index is 403. The number of nitrogens with one attached hydrogen (secondary N) is 2. The van der Waals surface area contributed by atoms with E-state index in [0.29, 0.717) is 5.92 Å². The van der Waals surface area contributed by atoms with E-state index in [0.717, 1.165) is 17.6 Å². The van der Waals surface area contributed by atoms with Crippen LogP contribution in [0.15, 0.2) is 22.7 Å². The summed E-state index contributed by atoms with van der Waals surface area (Å²) in [5.74, 6) is 0.684. The summed E-state index contributed by atoms with van der Waals surface area (Å²) in [6, 6.07) is 6.64. The Labute approximate surface area is 119 Å². The van der Waals surface area contributed by atoms with Crippen LogP contribution < -0.4 is 10.6 Å². The summed E-state index contributed by atoms with van der Waals surface area (Å²) >= 11 is 3.58. The average Bonchev–Trinajstić information content (AvgIpc) is 2.28. The van der Waals surface area contributed by atoms with Crippen LogP contribution in [0.5, 0.6) is 0 Å². The average molecular weight is 311 g/mol. The maximum atomic E-state index is 3.64. The molecule has 1 heterocycles. The molecule has 1 fully saturated rings. The fourth-order valence-corrected chi connectivity index (χ4v) is 2.89. The number of piperidine rings is 1. The molecule has 0 amide bonds. The van der Waals surface area contributed by atoms with Gasteiger partial charge in [0.1, 0.15) is 0 Å². The lowest BCUT2D eigenvalue weighted by atomic mass is 9.88. The first kappa shape index (κ1) is 13.9. The van der Waals surface area contributed by atoms with Gasteiger partial charge in [-0.25, -0.2) is 0 Å². The van der Waals surface area contributed by atoms with Gasteiger partial charge in [-0.2, -0.15) is 0 Å². The van der Waals surface area contributed by atoms with Gasteiger partial charge in [-0.3, -0.25) is 0 Å². The summed E-state index contributed by atoms with van der Waals surface area (Å²) in [7, 11) is 0. The Morgan fingerprint density at radius 2 is 1.89 bits per heavy atom. The van der Waals surface area contributed by atoms with Crippen LogP contribution >= 0.6 is 15.9 Å². The summed E-state index contributed by atoms with van der Waals surface area (Å²) in [6.45, 7) is 8.89. The van der Waals surface area contributed by atoms with E-state index in [1.807, 2.05) is 0 Å². The molecule has 0 saturated carbocycles. The van der Waals surface area contributed by atoms with Crippen molar-refractivity contribution >= 4 is 21.6 Å². The molecular formula is C15H23BrN2. The van der Waals surface area contributed by atoms with Crippen molar-refractivity contribution in [3.05, 3.63) is 28.2 Å². The number of halogens is 1. The van der Waals surface area contributed by atoms with Crippen molar-refractivity contribution in [2.24, 2.45) is 0 Å². The predicted octanol–water partition coefficient (Wildman–Crippen LogP) is 4.13. The summed E-state index contributed by atoms with van der Waals surface area (Å²) in [4.78, 5) is 0. The maximum Gasteiger partial charge on any atom is 0.0390 e. The first-order valence-corrected chi connectivity index (χ1v) is 7.53. The molecule has 2 rings (SSSR count). The number of benzene rings is 1. The minimum absolute atomic E-state index is 0.0997. The Balaban J connectivity index is 2.27. The van der Waals surface area contributed by atoms with E-state index >= 15 is 0 Å². The van der Waals surface area contributed by atoms with Gasteiger partial charge in [-0.1, -0.05) is 22.0 Å². The molecule has 1 saturated heterocycles. The van der Waals surface area contributed by atoms with Gasteiger partial charge in [0, 0.05) is 15.7 Å². The van der Waals surface area contributed by atoms with Gasteiger partial charge in [-0.15, -0.1) is 0 Å². The van der Waals surface area contributed by atoms with Gasteiger partial charge < -0.3 is 10.6 Å². The zero-order valence-corrected chi connectivity index (χ0v) is 13.1. The number of hydrogen-bond donors (Lipinski definition) is 2. The Kier molecular flexibility index (Phi) is 4.33. The molecule has 0 aliphatic carbocycles. The van der Waals surface area contributed by atoms with E-state index in [2.05, 4.69) is 65.5 Å². The van der Waals surface area contributed by atoms with E-state index in [1.165, 1.54) is 24.1 Å². The van der Waals surface area contributed by atoms with Gasteiger partial charge in [0.15, 0.2) is 0 Å². The predicted molar refractivity (Wildman–Crippen MR) is 82.4 cm³/mol. The monoisotopic (exact) mass is 310 g/mol. The van der Waals surface area contributed by atoms with Crippen molar-refractivity contribution in [2.75, 3.05) is 18.4 Å². The Morgan fingerprint density at radius 1 is 1.22 bits per heavy atom. The van der Waals surface area contributed by atoms with Crippen LogP contribution in [0.25, 0.3) is 0 Å². The largest absolute Gasteiger partial charge is 0.380 e. The lowest BCUT2D eigenvalue weighted by molar-refractivity contribution is 0.460. The van der Waals surface area contributed by atoms with Crippen LogP contribution in [0.1, 0.15) is 45.1 Å². The molecule has 2 N–H and O–H groups in total. The number of hydrogen-bond acceptors (Lipinski definition) is 2. The fraction of sp³-hybridized carbons (Fsp3) is 0.600. The zero-order valence-electron chi connectivity index (χ0n) is 11.5. The molecule has 1 aliphatic rings. The minimum atomic E-state index is 0.0997. The highest BCUT2D eigenvalue weighted by molar-refractivity contribution is 9.10. The molecule has 18 heavy (non-hydrogen) atoms. The highest BCUT2D eigenvalue weighted by atomic mass is 79.9. The first-order valence-electron chi connectivity index (χ1n) is 6.74. The van der Waals surface area contributed by atoms with E-state index in [1.54, 1.807) is 0 Å². The molecule has 3 heteroatoms. The van der Waals surface area contributed by atoms with Crippen LogP contribution in [-0.2, 0) is 0 Å². The second-order valence-corrected chi connectivity index (χ2v) is 7.05. The molecule has 1 aromatic rings. The van der Waals surface area contributed by atoms with Crippen LogP contribution in [0.4, 0.5) is 5.69 Å². The second-order valence-electron chi connectivity index (χ2n) is 6.13. The van der Waals surface area contributed by atoms with Crippen molar-refractivity contribution in [3.63, 3.8) is 0 Å². The highest BCUT2D eigenvalue weighted by Gasteiger charge is 2.20. The zero-order chi connectivity index (χ0) is 13.2. The normalized spacial score (nSPS) is 17.8. The third-order valence-corrected chi connectivity index (χ3v) is 3.80. The van der Waals surface area contributed by atoms with E-state index in [4.69, 9.17) is 0 Å². The van der Waals surface area contributed by atoms with E-state index in [-0.39, 0.29) is 5.54 Å². The molecule has 1 aromatic carbocycles. The molecule has 0 unspecified atom stereocenters. The van der Waals surface area contributed by atoms with Gasteiger partial charge in [-0.05, 0) is 70.3 Å². The molecule has 2 nitrogen and oxygen atoms in total. The Morgan fingerprint density at radius 3 is 2.50 bits per heavy atom. The highest BCUT2D eigenvalue weighted by Crippen LogP contribution is 2.34. The van der Waals surface area contributed by atoms with Crippen LogP contribution in [0.3, 0.4) is 0 Å². The summed E-state index contributed by atoms with van der Waals surface area (Å²) in [5.41, 5.74) is 2.85. The van der Waals surface area contributed by atoms with Crippen molar-refractivity contribution in [2.45, 2.75) is 45.1 Å². The molecule has 0 atom stereocenters. The minimum Gasteiger partial charge on any atom is -0.380 e. The summed E-state index contributed by atoms with van der Waals surface area (Å²) in [5, 5.41) is 7.07. The van der Waals surface area contributed by atoms with Crippen LogP contribution in [0.2, 0.25) is 0 Å².